The Bertz CT molecular complexity index is 1020. The van der Waals surface area contributed by atoms with Crippen LogP contribution in [0, 0.1) is 6.92 Å². The summed E-state index contributed by atoms with van der Waals surface area (Å²) in [6, 6.07) is 3.55. The Kier molecular flexibility index (Phi) is 5.67. The molecule has 2 heterocycles. The van der Waals surface area contributed by atoms with Crippen LogP contribution in [0.15, 0.2) is 18.3 Å². The van der Waals surface area contributed by atoms with E-state index in [9.17, 15) is 14.7 Å². The summed E-state index contributed by atoms with van der Waals surface area (Å²) >= 11 is 0. The van der Waals surface area contributed by atoms with E-state index in [1.54, 1.807) is 31.1 Å². The van der Waals surface area contributed by atoms with Crippen LogP contribution in [-0.2, 0) is 4.79 Å². The Hall–Kier alpha value is -3.36. The van der Waals surface area contributed by atoms with Crippen LogP contribution >= 0.6 is 0 Å². The minimum atomic E-state index is -1.01. The molecule has 9 nitrogen and oxygen atoms in total. The third-order valence-electron chi connectivity index (χ3n) is 6.18. The van der Waals surface area contributed by atoms with Gasteiger partial charge in [0.05, 0.1) is 24.6 Å². The van der Waals surface area contributed by atoms with Crippen molar-refractivity contribution < 1.29 is 19.4 Å². The van der Waals surface area contributed by atoms with Gasteiger partial charge in [0.25, 0.3) is 0 Å². The van der Waals surface area contributed by atoms with E-state index in [4.69, 9.17) is 9.72 Å². The number of aromatic nitrogens is 2. The molecule has 1 saturated carbocycles. The first kappa shape index (κ1) is 20.9. The van der Waals surface area contributed by atoms with Crippen molar-refractivity contribution in [1.29, 1.82) is 0 Å². The highest BCUT2D eigenvalue weighted by Gasteiger charge is 2.31. The first-order valence-electron chi connectivity index (χ1n) is 10.5. The number of rotatable bonds is 5. The molecule has 31 heavy (non-hydrogen) atoms. The predicted molar refractivity (Wildman–Crippen MR) is 118 cm³/mol. The zero-order chi connectivity index (χ0) is 22.1. The fourth-order valence-electron chi connectivity index (χ4n) is 4.48. The molecule has 4 rings (SSSR count). The van der Waals surface area contributed by atoms with Crippen LogP contribution in [0.5, 0.6) is 5.75 Å². The van der Waals surface area contributed by atoms with E-state index in [0.717, 1.165) is 18.7 Å². The van der Waals surface area contributed by atoms with Crippen molar-refractivity contribution >= 4 is 35.0 Å². The quantitative estimate of drug-likeness (QED) is 0.751. The minimum absolute atomic E-state index is 0.0487. The maximum absolute atomic E-state index is 12.5. The summed E-state index contributed by atoms with van der Waals surface area (Å²) in [5, 5.41) is 12.5. The molecule has 1 fully saturated rings. The SMILES string of the molecule is COc1c(Nc2ncc3c(n2)N(C2CCCC2)CCC(=O)N3C)ccc(C(=O)O)c1C. The van der Waals surface area contributed by atoms with Gasteiger partial charge in [-0.15, -0.1) is 0 Å². The third-order valence-corrected chi connectivity index (χ3v) is 6.18. The number of fused-ring (bicyclic) bond motifs is 1. The van der Waals surface area contributed by atoms with Crippen LogP contribution in [0.25, 0.3) is 0 Å². The Morgan fingerprint density at radius 1 is 1.29 bits per heavy atom. The number of ether oxygens (including phenoxy) is 1. The van der Waals surface area contributed by atoms with Crippen LogP contribution in [-0.4, -0.2) is 53.7 Å². The Morgan fingerprint density at radius 3 is 2.71 bits per heavy atom. The van der Waals surface area contributed by atoms with E-state index in [2.05, 4.69) is 15.2 Å². The van der Waals surface area contributed by atoms with Crippen molar-refractivity contribution in [3.63, 3.8) is 0 Å². The fraction of sp³-hybridized carbons (Fsp3) is 0.455. The number of anilines is 4. The molecular formula is C22H27N5O4. The molecule has 1 aliphatic carbocycles. The number of hydrogen-bond acceptors (Lipinski definition) is 7. The largest absolute Gasteiger partial charge is 0.494 e. The number of methoxy groups -OCH3 is 1. The van der Waals surface area contributed by atoms with Gasteiger partial charge in [0.1, 0.15) is 11.4 Å². The normalized spacial score (nSPS) is 16.8. The summed E-state index contributed by atoms with van der Waals surface area (Å²) in [6.07, 6.45) is 6.66. The molecule has 2 aromatic rings. The lowest BCUT2D eigenvalue weighted by Crippen LogP contribution is -2.34. The van der Waals surface area contributed by atoms with Gasteiger partial charge in [0, 0.05) is 31.6 Å². The van der Waals surface area contributed by atoms with Gasteiger partial charge in [-0.3, -0.25) is 4.79 Å². The van der Waals surface area contributed by atoms with Gasteiger partial charge in [-0.1, -0.05) is 12.8 Å². The first-order valence-corrected chi connectivity index (χ1v) is 10.5. The molecule has 0 spiro atoms. The molecule has 0 radical (unpaired) electrons. The number of carboxylic acids is 1. The smallest absolute Gasteiger partial charge is 0.336 e. The molecule has 0 saturated heterocycles. The summed E-state index contributed by atoms with van der Waals surface area (Å²) in [5.74, 6) is 0.579. The van der Waals surface area contributed by atoms with Crippen LogP contribution < -0.4 is 19.9 Å². The van der Waals surface area contributed by atoms with Gasteiger partial charge in [-0.2, -0.15) is 4.98 Å². The van der Waals surface area contributed by atoms with Gasteiger partial charge in [-0.25, -0.2) is 9.78 Å². The number of aromatic carboxylic acids is 1. The van der Waals surface area contributed by atoms with E-state index in [0.29, 0.717) is 47.6 Å². The molecule has 9 heteroatoms. The molecule has 164 valence electrons. The van der Waals surface area contributed by atoms with Gasteiger partial charge < -0.3 is 25.0 Å². The van der Waals surface area contributed by atoms with E-state index >= 15 is 0 Å². The summed E-state index contributed by atoms with van der Waals surface area (Å²) in [4.78, 5) is 37.0. The van der Waals surface area contributed by atoms with Crippen molar-refractivity contribution in [1.82, 2.24) is 9.97 Å². The highest BCUT2D eigenvalue weighted by atomic mass is 16.5. The van der Waals surface area contributed by atoms with Gasteiger partial charge in [-0.05, 0) is 31.9 Å². The minimum Gasteiger partial charge on any atom is -0.494 e. The highest BCUT2D eigenvalue weighted by molar-refractivity contribution is 5.97. The molecule has 2 N–H and O–H groups in total. The lowest BCUT2D eigenvalue weighted by molar-refractivity contribution is -0.118. The van der Waals surface area contributed by atoms with E-state index < -0.39 is 5.97 Å². The van der Waals surface area contributed by atoms with Crippen LogP contribution in [0.1, 0.15) is 48.0 Å². The van der Waals surface area contributed by atoms with Gasteiger partial charge in [0.15, 0.2) is 5.82 Å². The second-order valence-corrected chi connectivity index (χ2v) is 7.99. The number of nitrogens with zero attached hydrogens (tertiary/aromatic N) is 4. The van der Waals surface area contributed by atoms with Crippen LogP contribution in [0.3, 0.4) is 0 Å². The third kappa shape index (κ3) is 3.87. The first-order chi connectivity index (χ1) is 14.9. The topological polar surface area (TPSA) is 108 Å². The van der Waals surface area contributed by atoms with Crippen molar-refractivity contribution in [2.75, 3.05) is 35.8 Å². The van der Waals surface area contributed by atoms with Crippen LogP contribution in [0.4, 0.5) is 23.1 Å². The van der Waals surface area contributed by atoms with Gasteiger partial charge >= 0.3 is 5.97 Å². The van der Waals surface area contributed by atoms with E-state index in [1.165, 1.54) is 26.0 Å². The monoisotopic (exact) mass is 425 g/mol. The molecule has 0 atom stereocenters. The molecule has 1 aliphatic heterocycles. The van der Waals surface area contributed by atoms with E-state index in [1.807, 2.05) is 0 Å². The van der Waals surface area contributed by atoms with Crippen molar-refractivity contribution in [2.45, 2.75) is 45.1 Å². The van der Waals surface area contributed by atoms with E-state index in [-0.39, 0.29) is 11.5 Å². The summed E-state index contributed by atoms with van der Waals surface area (Å²) in [5.41, 5.74) is 1.98. The average molecular weight is 425 g/mol. The van der Waals surface area contributed by atoms with Crippen LogP contribution in [0.2, 0.25) is 0 Å². The number of carbonyl (C=O) groups is 2. The summed E-state index contributed by atoms with van der Waals surface area (Å²) in [7, 11) is 3.26. The van der Waals surface area contributed by atoms with Crippen molar-refractivity contribution in [3.05, 3.63) is 29.5 Å². The number of carboxylic acid groups (broad SMARTS) is 1. The predicted octanol–water partition coefficient (Wildman–Crippen LogP) is 3.35. The number of carbonyl (C=O) groups excluding carboxylic acids is 1. The second-order valence-electron chi connectivity index (χ2n) is 7.99. The van der Waals surface area contributed by atoms with Crippen molar-refractivity contribution in [2.24, 2.45) is 0 Å². The maximum atomic E-state index is 12.5. The number of nitrogens with one attached hydrogen (secondary N) is 1. The molecular weight excluding hydrogens is 398 g/mol. The van der Waals surface area contributed by atoms with Gasteiger partial charge in [0.2, 0.25) is 11.9 Å². The summed E-state index contributed by atoms with van der Waals surface area (Å²) < 4.78 is 5.46. The summed E-state index contributed by atoms with van der Waals surface area (Å²) in [6.45, 7) is 2.33. The fourth-order valence-corrected chi connectivity index (χ4v) is 4.48. The molecule has 2 aliphatic rings. The molecule has 1 aromatic carbocycles. The Morgan fingerprint density at radius 2 is 2.03 bits per heavy atom. The lowest BCUT2D eigenvalue weighted by atomic mass is 10.1. The molecule has 1 amide bonds. The maximum Gasteiger partial charge on any atom is 0.336 e. The molecule has 0 unspecified atom stereocenters. The molecule has 1 aromatic heterocycles. The number of hydrogen-bond donors (Lipinski definition) is 2. The highest BCUT2D eigenvalue weighted by Crippen LogP contribution is 2.37. The second kappa shape index (κ2) is 8.41. The number of benzene rings is 1. The zero-order valence-corrected chi connectivity index (χ0v) is 18.0. The lowest BCUT2D eigenvalue weighted by Gasteiger charge is -2.30. The molecule has 0 bridgehead atoms. The standard InChI is InChI=1S/C22H27N5O4/c1-13-15(21(29)30)8-9-16(19(13)31-3)24-22-23-12-17-20(25-22)27(14-6-4-5-7-14)11-10-18(28)26(17)2/h8-9,12,14H,4-7,10-11H2,1-3H3,(H,29,30)(H,23,24,25). The zero-order valence-electron chi connectivity index (χ0n) is 18.0. The van der Waals surface area contributed by atoms with Crippen molar-refractivity contribution in [3.8, 4) is 5.75 Å². The Labute approximate surface area is 181 Å². The number of amides is 1. The Balaban J connectivity index is 1.72. The average Bonchev–Trinajstić information content (AvgIpc) is 3.24.